The molecule has 5 aromatic carbocycles. The normalized spacial score (nSPS) is 16.8. The quantitative estimate of drug-likeness (QED) is 0.189. The van der Waals surface area contributed by atoms with Crippen LogP contribution >= 0.6 is 0 Å². The molecule has 3 aliphatic rings. The smallest absolute Gasteiger partial charge is 0.0709 e. The fourth-order valence-corrected chi connectivity index (χ4v) is 9.56. The van der Waals surface area contributed by atoms with Crippen LogP contribution < -0.4 is 0 Å². The second-order valence-electron chi connectivity index (χ2n) is 16.2. The molecule has 0 aliphatic heterocycles. The Hall–Kier alpha value is -5.60. The van der Waals surface area contributed by atoms with Crippen molar-refractivity contribution in [1.29, 1.82) is 0 Å². The maximum atomic E-state index is 5.28. The zero-order chi connectivity index (χ0) is 34.9. The molecule has 2 nitrogen and oxygen atoms in total. The molecule has 0 saturated carbocycles. The number of hydrogen-bond donors (Lipinski definition) is 0. The molecule has 0 saturated heterocycles. The minimum Gasteiger partial charge on any atom is -0.248 e. The lowest BCUT2D eigenvalue weighted by atomic mass is 9.75. The molecule has 2 aromatic heterocycles. The molecule has 0 bridgehead atoms. The monoisotopic (exact) mass is 656 g/mol. The molecule has 0 radical (unpaired) electrons. The topological polar surface area (TPSA) is 25.8 Å². The van der Waals surface area contributed by atoms with E-state index in [-0.39, 0.29) is 16.2 Å². The Morgan fingerprint density at radius 1 is 0.353 bits per heavy atom. The second kappa shape index (κ2) is 10.2. The molecule has 51 heavy (non-hydrogen) atoms. The van der Waals surface area contributed by atoms with Gasteiger partial charge in [0, 0.05) is 38.3 Å². The van der Waals surface area contributed by atoms with Gasteiger partial charge in [-0.15, -0.1) is 0 Å². The Morgan fingerprint density at radius 3 is 1.47 bits per heavy atom. The SMILES string of the molecule is CC1(C)C2=C(c3ccc(-c4cccc(-c5ccc6c(c5)C(C)(C)c5ccccc5-6)n4)cc31)C(C)(C)c1cc(-c3ccc4ccccc4n3)ccc12. The van der Waals surface area contributed by atoms with E-state index in [1.807, 2.05) is 0 Å². The largest absolute Gasteiger partial charge is 0.248 e. The molecular weight excluding hydrogens is 617 g/mol. The summed E-state index contributed by atoms with van der Waals surface area (Å²) in [6, 6.07) is 48.9. The van der Waals surface area contributed by atoms with Crippen LogP contribution in [0, 0.1) is 0 Å². The predicted octanol–water partition coefficient (Wildman–Crippen LogP) is 12.4. The highest BCUT2D eigenvalue weighted by Crippen LogP contribution is 2.63. The summed E-state index contributed by atoms with van der Waals surface area (Å²) in [7, 11) is 0. The Balaban J connectivity index is 1.01. The van der Waals surface area contributed by atoms with Crippen LogP contribution in [0.25, 0.3) is 66.9 Å². The lowest BCUT2D eigenvalue weighted by Gasteiger charge is -2.28. The maximum absolute atomic E-state index is 5.28. The second-order valence-corrected chi connectivity index (χ2v) is 16.2. The first-order chi connectivity index (χ1) is 24.5. The summed E-state index contributed by atoms with van der Waals surface area (Å²) in [4.78, 5) is 10.3. The van der Waals surface area contributed by atoms with Crippen molar-refractivity contribution < 1.29 is 0 Å². The van der Waals surface area contributed by atoms with Crippen LogP contribution in [0.5, 0.6) is 0 Å². The van der Waals surface area contributed by atoms with E-state index in [2.05, 4.69) is 175 Å². The van der Waals surface area contributed by atoms with E-state index in [0.29, 0.717) is 0 Å². The van der Waals surface area contributed by atoms with Gasteiger partial charge in [-0.05, 0) is 98.1 Å². The van der Waals surface area contributed by atoms with Crippen molar-refractivity contribution >= 4 is 22.0 Å². The van der Waals surface area contributed by atoms with Crippen LogP contribution in [0.1, 0.15) is 74.9 Å². The van der Waals surface area contributed by atoms with Gasteiger partial charge in [-0.3, -0.25) is 0 Å². The first-order valence-corrected chi connectivity index (χ1v) is 18.2. The van der Waals surface area contributed by atoms with Crippen molar-refractivity contribution in [2.24, 2.45) is 0 Å². The third-order valence-electron chi connectivity index (χ3n) is 12.2. The van der Waals surface area contributed by atoms with Gasteiger partial charge < -0.3 is 0 Å². The van der Waals surface area contributed by atoms with Gasteiger partial charge >= 0.3 is 0 Å². The van der Waals surface area contributed by atoms with Crippen LogP contribution in [-0.4, -0.2) is 9.97 Å². The van der Waals surface area contributed by atoms with Gasteiger partial charge in [0.2, 0.25) is 0 Å². The number of rotatable bonds is 3. The van der Waals surface area contributed by atoms with Crippen LogP contribution in [0.3, 0.4) is 0 Å². The Morgan fingerprint density at radius 2 is 0.843 bits per heavy atom. The lowest BCUT2D eigenvalue weighted by Crippen LogP contribution is -2.19. The van der Waals surface area contributed by atoms with Gasteiger partial charge in [0.25, 0.3) is 0 Å². The van der Waals surface area contributed by atoms with Crippen LogP contribution in [0.2, 0.25) is 0 Å². The first kappa shape index (κ1) is 30.2. The zero-order valence-electron chi connectivity index (χ0n) is 30.1. The Labute approximate surface area is 300 Å². The summed E-state index contributed by atoms with van der Waals surface area (Å²) < 4.78 is 0. The van der Waals surface area contributed by atoms with E-state index < -0.39 is 0 Å². The third kappa shape index (κ3) is 4.17. The molecule has 0 amide bonds. The average Bonchev–Trinajstić information content (AvgIpc) is 3.65. The number of nitrogens with zero attached hydrogens (tertiary/aromatic N) is 2. The van der Waals surface area contributed by atoms with Gasteiger partial charge in [0.05, 0.1) is 22.6 Å². The van der Waals surface area contributed by atoms with Gasteiger partial charge in [-0.25, -0.2) is 9.97 Å². The molecule has 0 spiro atoms. The fourth-order valence-electron chi connectivity index (χ4n) is 9.56. The van der Waals surface area contributed by atoms with Gasteiger partial charge in [-0.2, -0.15) is 0 Å². The molecule has 0 atom stereocenters. The number of allylic oxidation sites excluding steroid dienone is 2. The Bertz CT molecular complexity index is 2670. The molecule has 7 aromatic rings. The highest BCUT2D eigenvalue weighted by atomic mass is 14.7. The highest BCUT2D eigenvalue weighted by molar-refractivity contribution is 6.10. The van der Waals surface area contributed by atoms with Crippen molar-refractivity contribution in [2.45, 2.75) is 57.8 Å². The summed E-state index contributed by atoms with van der Waals surface area (Å²) in [6.45, 7) is 14.3. The van der Waals surface area contributed by atoms with E-state index in [0.717, 1.165) is 33.7 Å². The molecule has 0 fully saturated rings. The van der Waals surface area contributed by atoms with Gasteiger partial charge in [0.1, 0.15) is 0 Å². The molecule has 2 heterocycles. The van der Waals surface area contributed by atoms with E-state index in [1.54, 1.807) is 0 Å². The molecule has 2 heteroatoms. The zero-order valence-corrected chi connectivity index (χ0v) is 30.1. The number of benzene rings is 5. The minimum absolute atomic E-state index is 0.0419. The number of hydrogen-bond acceptors (Lipinski definition) is 2. The van der Waals surface area contributed by atoms with Crippen LogP contribution in [0.4, 0.5) is 0 Å². The fraction of sp³-hybridized carbons (Fsp3) is 0.184. The molecular formula is C49H40N2. The maximum Gasteiger partial charge on any atom is 0.0709 e. The molecule has 3 aliphatic carbocycles. The van der Waals surface area contributed by atoms with E-state index in [1.165, 1.54) is 66.6 Å². The molecule has 246 valence electrons. The van der Waals surface area contributed by atoms with Crippen molar-refractivity contribution in [3.8, 4) is 44.9 Å². The molecule has 0 unspecified atom stereocenters. The third-order valence-corrected chi connectivity index (χ3v) is 12.2. The van der Waals surface area contributed by atoms with Crippen molar-refractivity contribution in [1.82, 2.24) is 9.97 Å². The van der Waals surface area contributed by atoms with Gasteiger partial charge in [-0.1, -0.05) is 133 Å². The van der Waals surface area contributed by atoms with E-state index in [4.69, 9.17) is 9.97 Å². The standard InChI is InChI=1S/C49H40N2/c1-47(2)37-14-9-8-13-33(37)34-22-18-30(26-38(34)47)42-16-11-17-43(51-42)31-19-23-35-39(27-31)48(3,4)46-36-24-20-32(28-40(36)49(5,6)45(35)46)44-25-21-29-12-7-10-15-41(29)50-44/h7-28H,1-6H3. The Kier molecular flexibility index (Phi) is 6.07. The van der Waals surface area contributed by atoms with Crippen molar-refractivity contribution in [3.63, 3.8) is 0 Å². The van der Waals surface area contributed by atoms with E-state index >= 15 is 0 Å². The first-order valence-electron chi connectivity index (χ1n) is 18.2. The average molecular weight is 657 g/mol. The number of para-hydroxylation sites is 1. The van der Waals surface area contributed by atoms with Crippen molar-refractivity contribution in [2.75, 3.05) is 0 Å². The minimum atomic E-state index is -0.149. The van der Waals surface area contributed by atoms with Crippen LogP contribution in [0.15, 0.2) is 133 Å². The molecule has 10 rings (SSSR count). The summed E-state index contributed by atoms with van der Waals surface area (Å²) in [5, 5.41) is 1.17. The summed E-state index contributed by atoms with van der Waals surface area (Å²) >= 11 is 0. The van der Waals surface area contributed by atoms with Crippen molar-refractivity contribution in [3.05, 3.63) is 167 Å². The van der Waals surface area contributed by atoms with E-state index in [9.17, 15) is 0 Å². The summed E-state index contributed by atoms with van der Waals surface area (Å²) in [5.41, 5.74) is 21.1. The van der Waals surface area contributed by atoms with Crippen LogP contribution in [-0.2, 0) is 16.2 Å². The molecule has 0 N–H and O–H groups in total. The lowest BCUT2D eigenvalue weighted by molar-refractivity contribution is 0.660. The number of aromatic nitrogens is 2. The number of fused-ring (bicyclic) bond motifs is 8. The summed E-state index contributed by atoms with van der Waals surface area (Å²) in [5.74, 6) is 0. The number of pyridine rings is 2. The highest BCUT2D eigenvalue weighted by Gasteiger charge is 2.49. The van der Waals surface area contributed by atoms with Gasteiger partial charge in [0.15, 0.2) is 0 Å². The summed E-state index contributed by atoms with van der Waals surface area (Å²) in [6.07, 6.45) is 0. The predicted molar refractivity (Wildman–Crippen MR) is 213 cm³/mol.